The maximum Gasteiger partial charge on any atom is 0.266 e. The third-order valence-corrected chi connectivity index (χ3v) is 9.97. The van der Waals surface area contributed by atoms with E-state index in [0.717, 1.165) is 16.8 Å². The number of amides is 1. The molecule has 3 heterocycles. The van der Waals surface area contributed by atoms with Crippen LogP contribution in [0.1, 0.15) is 17.5 Å². The molecule has 3 aromatic carbocycles. The van der Waals surface area contributed by atoms with Crippen molar-refractivity contribution in [3.8, 4) is 22.7 Å². The molecule has 41 heavy (non-hydrogen) atoms. The standard InChI is InChI=1S/C30H24FN3O4S3/c31-23-10-6-20(7-11-23)18-38-26-12-8-21(9-13-26)28-22(17-33(32-28)24-4-2-1-3-5-24)16-27-29(35)34(30(39)40-27)25-14-15-41(36,37)19-25/h1-13,16-17,25H,14-15,18-19H2/b27-16-. The van der Waals surface area contributed by atoms with Crippen LogP contribution in [0.25, 0.3) is 23.0 Å². The van der Waals surface area contributed by atoms with Crippen molar-refractivity contribution in [3.63, 3.8) is 0 Å². The number of halogens is 1. The molecule has 1 unspecified atom stereocenters. The molecular weight excluding hydrogens is 582 g/mol. The largest absolute Gasteiger partial charge is 0.489 e. The molecule has 208 valence electrons. The molecule has 6 rings (SSSR count). The number of aromatic nitrogens is 2. The van der Waals surface area contributed by atoms with E-state index in [0.29, 0.717) is 39.3 Å². The van der Waals surface area contributed by atoms with Gasteiger partial charge in [-0.15, -0.1) is 0 Å². The fraction of sp³-hybridized carbons (Fsp3) is 0.167. The molecule has 0 saturated carbocycles. The summed E-state index contributed by atoms with van der Waals surface area (Å²) in [7, 11) is -3.17. The SMILES string of the molecule is O=C1/C(=C/c2cn(-c3ccccc3)nc2-c2ccc(OCc3ccc(F)cc3)cc2)SC(=S)N1C1CCS(=O)(=O)C1. The summed E-state index contributed by atoms with van der Waals surface area (Å²) in [6, 6.07) is 22.8. The molecule has 2 aliphatic heterocycles. The second-order valence-electron chi connectivity index (χ2n) is 9.76. The van der Waals surface area contributed by atoms with Crippen molar-refractivity contribution in [2.75, 3.05) is 11.5 Å². The van der Waals surface area contributed by atoms with E-state index in [9.17, 15) is 17.6 Å². The molecule has 0 spiro atoms. The minimum atomic E-state index is -3.17. The van der Waals surface area contributed by atoms with E-state index >= 15 is 0 Å². The zero-order chi connectivity index (χ0) is 28.6. The molecule has 0 aliphatic carbocycles. The topological polar surface area (TPSA) is 81.5 Å². The first-order valence-corrected chi connectivity index (χ1v) is 15.9. The van der Waals surface area contributed by atoms with Crippen LogP contribution in [-0.2, 0) is 21.2 Å². The fourth-order valence-electron chi connectivity index (χ4n) is 4.80. The van der Waals surface area contributed by atoms with Gasteiger partial charge in [0.15, 0.2) is 9.84 Å². The van der Waals surface area contributed by atoms with Gasteiger partial charge < -0.3 is 4.74 Å². The molecule has 0 radical (unpaired) electrons. The average molecular weight is 606 g/mol. The first-order chi connectivity index (χ1) is 19.8. The van der Waals surface area contributed by atoms with Crippen LogP contribution in [0.2, 0.25) is 0 Å². The highest BCUT2D eigenvalue weighted by atomic mass is 32.2. The van der Waals surface area contributed by atoms with Gasteiger partial charge in [0.1, 0.15) is 22.5 Å². The summed E-state index contributed by atoms with van der Waals surface area (Å²) in [5, 5.41) is 4.83. The Bertz CT molecular complexity index is 1750. The number of rotatable bonds is 7. The summed E-state index contributed by atoms with van der Waals surface area (Å²) >= 11 is 6.66. The maximum absolute atomic E-state index is 13.4. The van der Waals surface area contributed by atoms with Gasteiger partial charge in [0.25, 0.3) is 5.91 Å². The minimum Gasteiger partial charge on any atom is -0.489 e. The van der Waals surface area contributed by atoms with Crippen LogP contribution in [-0.4, -0.2) is 50.9 Å². The average Bonchev–Trinajstić information content (AvgIpc) is 3.63. The molecular formula is C30H24FN3O4S3. The van der Waals surface area contributed by atoms with Gasteiger partial charge >= 0.3 is 0 Å². The van der Waals surface area contributed by atoms with Gasteiger partial charge in [0, 0.05) is 17.3 Å². The lowest BCUT2D eigenvalue weighted by Gasteiger charge is -2.20. The number of thiocarbonyl (C=S) groups is 1. The Hall–Kier alpha value is -3.80. The number of carbonyl (C=O) groups is 1. The molecule has 1 aromatic heterocycles. The summed E-state index contributed by atoms with van der Waals surface area (Å²) in [5.74, 6) is 0.0577. The number of para-hydroxylation sites is 1. The van der Waals surface area contributed by atoms with Crippen LogP contribution in [0.3, 0.4) is 0 Å². The molecule has 7 nitrogen and oxygen atoms in total. The fourth-order valence-corrected chi connectivity index (χ4v) is 7.89. The Kier molecular flexibility index (Phi) is 7.50. The number of carbonyl (C=O) groups excluding carboxylic acids is 1. The summed E-state index contributed by atoms with van der Waals surface area (Å²) in [5.41, 5.74) is 3.90. The summed E-state index contributed by atoms with van der Waals surface area (Å²) in [6.45, 7) is 0.303. The molecule has 2 aliphatic rings. The summed E-state index contributed by atoms with van der Waals surface area (Å²) < 4.78 is 45.2. The van der Waals surface area contributed by atoms with E-state index in [1.54, 1.807) is 22.9 Å². The van der Waals surface area contributed by atoms with E-state index in [2.05, 4.69) is 0 Å². The normalized spacial score (nSPS) is 19.3. The van der Waals surface area contributed by atoms with E-state index in [-0.39, 0.29) is 23.2 Å². The molecule has 0 N–H and O–H groups in total. The van der Waals surface area contributed by atoms with Crippen molar-refractivity contribution in [1.29, 1.82) is 0 Å². The maximum atomic E-state index is 13.4. The van der Waals surface area contributed by atoms with Crippen molar-refractivity contribution in [3.05, 3.63) is 107 Å². The minimum absolute atomic E-state index is 0.0609. The van der Waals surface area contributed by atoms with Gasteiger partial charge in [-0.2, -0.15) is 5.10 Å². The second kappa shape index (κ2) is 11.2. The highest BCUT2D eigenvalue weighted by Crippen LogP contribution is 2.38. The van der Waals surface area contributed by atoms with Crippen molar-refractivity contribution in [1.82, 2.24) is 14.7 Å². The number of ether oxygens (including phenoxy) is 1. The molecule has 4 aromatic rings. The predicted octanol–water partition coefficient (Wildman–Crippen LogP) is 5.65. The van der Waals surface area contributed by atoms with Gasteiger partial charge in [-0.25, -0.2) is 17.5 Å². The zero-order valence-electron chi connectivity index (χ0n) is 21.6. The number of sulfone groups is 1. The van der Waals surface area contributed by atoms with Crippen molar-refractivity contribution in [2.24, 2.45) is 0 Å². The van der Waals surface area contributed by atoms with Crippen LogP contribution in [0.15, 0.2) is 90.0 Å². The van der Waals surface area contributed by atoms with Gasteiger partial charge in [-0.1, -0.05) is 54.3 Å². The number of hydrogen-bond acceptors (Lipinski definition) is 7. The number of thioether (sulfide) groups is 1. The van der Waals surface area contributed by atoms with E-state index in [4.69, 9.17) is 22.1 Å². The van der Waals surface area contributed by atoms with Gasteiger partial charge in [0.2, 0.25) is 0 Å². The van der Waals surface area contributed by atoms with Gasteiger partial charge in [-0.05, 0) is 66.6 Å². The van der Waals surface area contributed by atoms with E-state index < -0.39 is 15.9 Å². The smallest absolute Gasteiger partial charge is 0.266 e. The summed E-state index contributed by atoms with van der Waals surface area (Å²) in [6.07, 6.45) is 4.01. The Balaban J connectivity index is 1.29. The quantitative estimate of drug-likeness (QED) is 0.199. The van der Waals surface area contributed by atoms with Crippen LogP contribution >= 0.6 is 24.0 Å². The van der Waals surface area contributed by atoms with Crippen LogP contribution in [0.5, 0.6) is 5.75 Å². The number of hydrogen-bond donors (Lipinski definition) is 0. The Labute approximate surface area is 246 Å². The van der Waals surface area contributed by atoms with E-state index in [1.165, 1.54) is 28.8 Å². The molecule has 2 fully saturated rings. The first-order valence-electron chi connectivity index (χ1n) is 12.9. The third kappa shape index (κ3) is 5.97. The Morgan fingerprint density at radius 3 is 2.46 bits per heavy atom. The van der Waals surface area contributed by atoms with Gasteiger partial charge in [0.05, 0.1) is 33.8 Å². The highest BCUT2D eigenvalue weighted by molar-refractivity contribution is 8.26. The summed E-state index contributed by atoms with van der Waals surface area (Å²) in [4.78, 5) is 15.3. The van der Waals surface area contributed by atoms with E-state index in [1.807, 2.05) is 60.8 Å². The monoisotopic (exact) mass is 605 g/mol. The van der Waals surface area contributed by atoms with Crippen LogP contribution in [0, 0.1) is 5.82 Å². The molecule has 2 saturated heterocycles. The van der Waals surface area contributed by atoms with Crippen LogP contribution in [0.4, 0.5) is 4.39 Å². The predicted molar refractivity (Wildman–Crippen MR) is 162 cm³/mol. The lowest BCUT2D eigenvalue weighted by molar-refractivity contribution is -0.123. The van der Waals surface area contributed by atoms with Crippen molar-refractivity contribution >= 4 is 50.1 Å². The Morgan fingerprint density at radius 2 is 1.78 bits per heavy atom. The molecule has 0 bridgehead atoms. The van der Waals surface area contributed by atoms with Crippen molar-refractivity contribution in [2.45, 2.75) is 19.1 Å². The van der Waals surface area contributed by atoms with Gasteiger partial charge in [-0.3, -0.25) is 9.69 Å². The number of benzene rings is 3. The lowest BCUT2D eigenvalue weighted by atomic mass is 10.1. The first kappa shape index (κ1) is 27.4. The molecule has 1 atom stereocenters. The lowest BCUT2D eigenvalue weighted by Crippen LogP contribution is -2.39. The highest BCUT2D eigenvalue weighted by Gasteiger charge is 2.42. The molecule has 11 heteroatoms. The van der Waals surface area contributed by atoms with Crippen LogP contribution < -0.4 is 4.74 Å². The number of nitrogens with zero attached hydrogens (tertiary/aromatic N) is 3. The third-order valence-electron chi connectivity index (χ3n) is 6.89. The second-order valence-corrected chi connectivity index (χ2v) is 13.7. The Morgan fingerprint density at radius 1 is 1.05 bits per heavy atom. The zero-order valence-corrected chi connectivity index (χ0v) is 24.1. The van der Waals surface area contributed by atoms with Crippen molar-refractivity contribution < 1.29 is 22.3 Å². The molecule has 1 amide bonds.